The van der Waals surface area contributed by atoms with Gasteiger partial charge >= 0.3 is 0 Å². The Morgan fingerprint density at radius 1 is 1.44 bits per heavy atom. The van der Waals surface area contributed by atoms with Crippen LogP contribution in [0.3, 0.4) is 0 Å². The summed E-state index contributed by atoms with van der Waals surface area (Å²) in [5.74, 6) is -0.675. The number of hydrogen-bond donors (Lipinski definition) is 2. The van der Waals surface area contributed by atoms with Crippen LogP contribution in [0.4, 0.5) is 15.8 Å². The van der Waals surface area contributed by atoms with Gasteiger partial charge in [0.05, 0.1) is 21.6 Å². The van der Waals surface area contributed by atoms with E-state index in [4.69, 9.17) is 0 Å². The van der Waals surface area contributed by atoms with Crippen molar-refractivity contribution in [1.29, 1.82) is 0 Å². The van der Waals surface area contributed by atoms with Gasteiger partial charge in [0, 0.05) is 0 Å². The predicted molar refractivity (Wildman–Crippen MR) is 92.1 cm³/mol. The van der Waals surface area contributed by atoms with E-state index in [2.05, 4.69) is 20.5 Å². The number of rotatable bonds is 6. The van der Waals surface area contributed by atoms with E-state index >= 15 is 0 Å². The van der Waals surface area contributed by atoms with E-state index in [-0.39, 0.29) is 11.4 Å². The highest BCUT2D eigenvalue weighted by Crippen LogP contribution is 2.26. The van der Waals surface area contributed by atoms with Gasteiger partial charge in [0.2, 0.25) is 11.1 Å². The molecule has 3 rings (SSSR count). The molecule has 0 atom stereocenters. The second-order valence-corrected chi connectivity index (χ2v) is 6.59. The van der Waals surface area contributed by atoms with Gasteiger partial charge in [-0.05, 0) is 23.6 Å². The highest BCUT2D eigenvalue weighted by Gasteiger charge is 2.17. The van der Waals surface area contributed by atoms with Crippen LogP contribution in [0.2, 0.25) is 0 Å². The summed E-state index contributed by atoms with van der Waals surface area (Å²) in [6, 6.07) is 6.72. The molecule has 0 saturated heterocycles. The summed E-state index contributed by atoms with van der Waals surface area (Å²) in [5, 5.41) is 22.4. The summed E-state index contributed by atoms with van der Waals surface area (Å²) in [7, 11) is 0. The normalized spacial score (nSPS) is 10.6. The van der Waals surface area contributed by atoms with Crippen molar-refractivity contribution in [2.24, 2.45) is 0 Å². The molecular formula is C14H10FN5O3S2. The number of nitro groups is 1. The van der Waals surface area contributed by atoms with E-state index in [1.807, 2.05) is 17.5 Å². The minimum Gasteiger partial charge on any atom is -0.320 e. The third-order valence-corrected chi connectivity index (χ3v) is 4.71. The molecule has 0 unspecified atom stereocenters. The molecule has 0 radical (unpaired) electrons. The molecular weight excluding hydrogens is 369 g/mol. The van der Waals surface area contributed by atoms with Crippen molar-refractivity contribution in [3.8, 4) is 10.7 Å². The van der Waals surface area contributed by atoms with Crippen molar-refractivity contribution < 1.29 is 14.1 Å². The van der Waals surface area contributed by atoms with Crippen molar-refractivity contribution in [2.45, 2.75) is 5.16 Å². The largest absolute Gasteiger partial charge is 0.320 e. The maximum absolute atomic E-state index is 13.1. The summed E-state index contributed by atoms with van der Waals surface area (Å²) < 4.78 is 13.1. The molecule has 0 aliphatic carbocycles. The number of benzene rings is 1. The van der Waals surface area contributed by atoms with Crippen LogP contribution >= 0.6 is 23.1 Å². The molecule has 0 aliphatic rings. The predicted octanol–water partition coefficient (Wildman–Crippen LogP) is 3.31. The number of anilines is 1. The van der Waals surface area contributed by atoms with E-state index in [9.17, 15) is 19.3 Å². The van der Waals surface area contributed by atoms with Gasteiger partial charge < -0.3 is 5.32 Å². The number of nitro benzene ring substituents is 1. The molecule has 2 aromatic heterocycles. The fourth-order valence-electron chi connectivity index (χ4n) is 1.91. The van der Waals surface area contributed by atoms with Gasteiger partial charge in [0.1, 0.15) is 11.5 Å². The smallest absolute Gasteiger partial charge is 0.295 e. The molecule has 0 spiro atoms. The zero-order valence-electron chi connectivity index (χ0n) is 12.4. The highest BCUT2D eigenvalue weighted by molar-refractivity contribution is 7.99. The molecule has 0 fully saturated rings. The first kappa shape index (κ1) is 17.0. The lowest BCUT2D eigenvalue weighted by Gasteiger charge is -2.05. The Labute approximate surface area is 148 Å². The average molecular weight is 379 g/mol. The number of thioether (sulfide) groups is 1. The van der Waals surface area contributed by atoms with Gasteiger partial charge in [0.15, 0.2) is 5.82 Å². The van der Waals surface area contributed by atoms with Crippen LogP contribution in [0.25, 0.3) is 10.7 Å². The van der Waals surface area contributed by atoms with Crippen molar-refractivity contribution >= 4 is 40.4 Å². The zero-order chi connectivity index (χ0) is 17.8. The quantitative estimate of drug-likeness (QED) is 0.386. The number of hydrogen-bond acceptors (Lipinski definition) is 7. The Balaban J connectivity index is 1.61. The van der Waals surface area contributed by atoms with Crippen LogP contribution in [0.1, 0.15) is 0 Å². The van der Waals surface area contributed by atoms with E-state index in [0.717, 1.165) is 34.8 Å². The number of nitrogens with zero attached hydrogens (tertiary/aromatic N) is 3. The molecule has 2 N–H and O–H groups in total. The maximum atomic E-state index is 13.1. The lowest BCUT2D eigenvalue weighted by atomic mass is 10.2. The molecule has 2 heterocycles. The van der Waals surface area contributed by atoms with E-state index in [1.165, 1.54) is 11.3 Å². The number of carbonyl (C=O) groups is 1. The first-order chi connectivity index (χ1) is 12.0. The first-order valence-corrected chi connectivity index (χ1v) is 8.72. The van der Waals surface area contributed by atoms with E-state index in [1.54, 1.807) is 0 Å². The molecule has 0 aliphatic heterocycles. The van der Waals surface area contributed by atoms with Gasteiger partial charge in [-0.1, -0.05) is 17.8 Å². The van der Waals surface area contributed by atoms with Crippen LogP contribution in [0.15, 0.2) is 40.9 Å². The number of aromatic nitrogens is 3. The monoisotopic (exact) mass is 379 g/mol. The average Bonchev–Trinajstić information content (AvgIpc) is 3.25. The van der Waals surface area contributed by atoms with Crippen molar-refractivity contribution in [3.63, 3.8) is 0 Å². The van der Waals surface area contributed by atoms with Crippen molar-refractivity contribution in [2.75, 3.05) is 11.1 Å². The number of nitrogens with one attached hydrogen (secondary N) is 2. The summed E-state index contributed by atoms with van der Waals surface area (Å²) in [5.41, 5.74) is -0.567. The minimum atomic E-state index is -0.756. The fraction of sp³-hybridized carbons (Fsp3) is 0.0714. The zero-order valence-corrected chi connectivity index (χ0v) is 14.1. The van der Waals surface area contributed by atoms with E-state index in [0.29, 0.717) is 11.0 Å². The number of H-pyrrole nitrogens is 1. The molecule has 1 amide bonds. The lowest BCUT2D eigenvalue weighted by Crippen LogP contribution is -2.15. The number of amides is 1. The second-order valence-electron chi connectivity index (χ2n) is 4.70. The fourth-order valence-corrected chi connectivity index (χ4v) is 3.17. The summed E-state index contributed by atoms with van der Waals surface area (Å²) >= 11 is 2.58. The highest BCUT2D eigenvalue weighted by atomic mass is 32.2. The Morgan fingerprint density at radius 3 is 3.00 bits per heavy atom. The summed E-state index contributed by atoms with van der Waals surface area (Å²) in [4.78, 5) is 27.3. The molecule has 1 aromatic carbocycles. The number of thiophene rings is 1. The lowest BCUT2D eigenvalue weighted by molar-refractivity contribution is -0.384. The van der Waals surface area contributed by atoms with Crippen LogP contribution in [-0.2, 0) is 4.79 Å². The Morgan fingerprint density at radius 2 is 2.28 bits per heavy atom. The van der Waals surface area contributed by atoms with Gasteiger partial charge in [-0.25, -0.2) is 9.37 Å². The molecule has 25 heavy (non-hydrogen) atoms. The van der Waals surface area contributed by atoms with Crippen molar-refractivity contribution in [1.82, 2.24) is 15.2 Å². The summed E-state index contributed by atoms with van der Waals surface area (Å²) in [6.45, 7) is 0. The van der Waals surface area contributed by atoms with Gasteiger partial charge in [0.25, 0.3) is 5.69 Å². The molecule has 8 nitrogen and oxygen atoms in total. The third-order valence-electron chi connectivity index (χ3n) is 2.98. The summed E-state index contributed by atoms with van der Waals surface area (Å²) in [6.07, 6.45) is 0. The molecule has 3 aromatic rings. The van der Waals surface area contributed by atoms with Crippen LogP contribution in [0.5, 0.6) is 0 Å². The Kier molecular flexibility index (Phi) is 5.05. The molecule has 11 heteroatoms. The minimum absolute atomic E-state index is 0.0454. The standard InChI is InChI=1S/C14H10FN5O3S2/c15-8-3-4-9(10(6-8)20(22)23)16-12(21)7-25-14-17-13(18-19-14)11-2-1-5-24-11/h1-6H,7H2,(H,16,21)(H,17,18,19). The number of carbonyl (C=O) groups excluding carboxylic acids is 1. The van der Waals surface area contributed by atoms with Crippen LogP contribution in [0, 0.1) is 15.9 Å². The third kappa shape index (κ3) is 4.19. The number of halogens is 1. The molecule has 128 valence electrons. The SMILES string of the molecule is O=C(CSc1n[nH]c(-c2cccs2)n1)Nc1ccc(F)cc1[N+](=O)[O-]. The second kappa shape index (κ2) is 7.40. The molecule has 0 saturated carbocycles. The maximum Gasteiger partial charge on any atom is 0.295 e. The van der Waals surface area contributed by atoms with Crippen molar-refractivity contribution in [3.05, 3.63) is 51.6 Å². The molecule has 0 bridgehead atoms. The number of aromatic amines is 1. The van der Waals surface area contributed by atoms with Crippen LogP contribution < -0.4 is 5.32 Å². The first-order valence-electron chi connectivity index (χ1n) is 6.86. The Hall–Kier alpha value is -2.79. The van der Waals surface area contributed by atoms with Gasteiger partial charge in [-0.3, -0.25) is 20.0 Å². The van der Waals surface area contributed by atoms with Crippen LogP contribution in [-0.4, -0.2) is 31.8 Å². The topological polar surface area (TPSA) is 114 Å². The van der Waals surface area contributed by atoms with E-state index < -0.39 is 22.3 Å². The van der Waals surface area contributed by atoms with Gasteiger partial charge in [-0.15, -0.1) is 16.4 Å². The van der Waals surface area contributed by atoms with Gasteiger partial charge in [-0.2, -0.15) is 0 Å². The Bertz CT molecular complexity index is 913.